The van der Waals surface area contributed by atoms with Crippen molar-refractivity contribution in [1.82, 2.24) is 9.97 Å². The Kier molecular flexibility index (Phi) is 5.09. The largest absolute Gasteiger partial charge is 0.481 e. The SMILES string of the molecule is C1=CC(c2nc3ccc(Cc4ccccc4)cc3[nH]2)=CC1.CC(=O)O. The molecule has 4 nitrogen and oxygen atoms in total. The van der Waals surface area contributed by atoms with Crippen molar-refractivity contribution < 1.29 is 9.90 Å². The van der Waals surface area contributed by atoms with E-state index in [1.165, 1.54) is 16.7 Å². The zero-order valence-electron chi connectivity index (χ0n) is 14.1. The monoisotopic (exact) mass is 332 g/mol. The minimum atomic E-state index is -0.833. The van der Waals surface area contributed by atoms with Crippen LogP contribution in [-0.4, -0.2) is 21.0 Å². The first-order valence-electron chi connectivity index (χ1n) is 8.21. The van der Waals surface area contributed by atoms with Crippen molar-refractivity contribution in [3.63, 3.8) is 0 Å². The van der Waals surface area contributed by atoms with Crippen molar-refractivity contribution in [2.45, 2.75) is 19.8 Å². The molecule has 0 aliphatic heterocycles. The van der Waals surface area contributed by atoms with Crippen LogP contribution in [0.3, 0.4) is 0 Å². The minimum absolute atomic E-state index is 0.833. The highest BCUT2D eigenvalue weighted by Gasteiger charge is 2.08. The first-order chi connectivity index (χ1) is 12.1. The van der Waals surface area contributed by atoms with Gasteiger partial charge in [0.2, 0.25) is 0 Å². The van der Waals surface area contributed by atoms with Crippen LogP contribution in [0.15, 0.2) is 66.8 Å². The van der Waals surface area contributed by atoms with Crippen LogP contribution in [0.2, 0.25) is 0 Å². The molecule has 1 heterocycles. The number of nitrogens with zero attached hydrogens (tertiary/aromatic N) is 1. The topological polar surface area (TPSA) is 66.0 Å². The zero-order chi connectivity index (χ0) is 17.6. The van der Waals surface area contributed by atoms with Gasteiger partial charge < -0.3 is 10.1 Å². The summed E-state index contributed by atoms with van der Waals surface area (Å²) in [6.45, 7) is 1.08. The average molecular weight is 332 g/mol. The molecule has 4 rings (SSSR count). The van der Waals surface area contributed by atoms with Crippen LogP contribution in [-0.2, 0) is 11.2 Å². The van der Waals surface area contributed by atoms with E-state index in [9.17, 15) is 0 Å². The number of H-pyrrole nitrogens is 1. The maximum atomic E-state index is 9.00. The van der Waals surface area contributed by atoms with Crippen molar-refractivity contribution in [3.8, 4) is 0 Å². The van der Waals surface area contributed by atoms with E-state index in [-0.39, 0.29) is 0 Å². The lowest BCUT2D eigenvalue weighted by Crippen LogP contribution is -1.87. The molecule has 25 heavy (non-hydrogen) atoms. The summed E-state index contributed by atoms with van der Waals surface area (Å²) < 4.78 is 0. The van der Waals surface area contributed by atoms with E-state index in [2.05, 4.69) is 76.7 Å². The fourth-order valence-electron chi connectivity index (χ4n) is 2.77. The van der Waals surface area contributed by atoms with Gasteiger partial charge in [-0.1, -0.05) is 54.6 Å². The van der Waals surface area contributed by atoms with Gasteiger partial charge in [0, 0.05) is 12.5 Å². The summed E-state index contributed by atoms with van der Waals surface area (Å²) in [5.74, 6) is 0.135. The van der Waals surface area contributed by atoms with Crippen LogP contribution >= 0.6 is 0 Å². The molecule has 0 fully saturated rings. The molecule has 2 aromatic carbocycles. The van der Waals surface area contributed by atoms with E-state index in [1.54, 1.807) is 0 Å². The summed E-state index contributed by atoms with van der Waals surface area (Å²) in [6.07, 6.45) is 8.44. The van der Waals surface area contributed by atoms with Gasteiger partial charge in [-0.25, -0.2) is 4.98 Å². The number of carboxylic acid groups (broad SMARTS) is 1. The molecule has 0 saturated heterocycles. The van der Waals surface area contributed by atoms with Gasteiger partial charge in [0.05, 0.1) is 11.0 Å². The summed E-state index contributed by atoms with van der Waals surface area (Å²) in [5, 5.41) is 7.42. The molecular formula is C21H20N2O2. The van der Waals surface area contributed by atoms with E-state index in [4.69, 9.17) is 9.90 Å². The lowest BCUT2D eigenvalue weighted by Gasteiger charge is -2.01. The lowest BCUT2D eigenvalue weighted by molar-refractivity contribution is -0.134. The maximum absolute atomic E-state index is 9.00. The Morgan fingerprint density at radius 3 is 2.60 bits per heavy atom. The Balaban J connectivity index is 0.000000415. The van der Waals surface area contributed by atoms with Gasteiger partial charge in [0.25, 0.3) is 5.97 Å². The smallest absolute Gasteiger partial charge is 0.300 e. The Labute approximate surface area is 146 Å². The quantitative estimate of drug-likeness (QED) is 0.737. The molecule has 0 atom stereocenters. The van der Waals surface area contributed by atoms with Gasteiger partial charge >= 0.3 is 0 Å². The van der Waals surface area contributed by atoms with E-state index in [0.717, 1.165) is 36.6 Å². The molecular weight excluding hydrogens is 312 g/mol. The van der Waals surface area contributed by atoms with Gasteiger partial charge in [-0.2, -0.15) is 0 Å². The van der Waals surface area contributed by atoms with E-state index < -0.39 is 5.97 Å². The second kappa shape index (κ2) is 7.62. The molecule has 1 aromatic heterocycles. The zero-order valence-corrected chi connectivity index (χ0v) is 14.1. The molecule has 3 aromatic rings. The van der Waals surface area contributed by atoms with Crippen LogP contribution in [0.1, 0.15) is 30.3 Å². The molecule has 1 aliphatic carbocycles. The van der Waals surface area contributed by atoms with Crippen LogP contribution in [0, 0.1) is 0 Å². The molecule has 2 N–H and O–H groups in total. The minimum Gasteiger partial charge on any atom is -0.481 e. The number of aromatic amines is 1. The first kappa shape index (κ1) is 16.7. The number of hydrogen-bond acceptors (Lipinski definition) is 2. The van der Waals surface area contributed by atoms with Crippen LogP contribution < -0.4 is 0 Å². The fraction of sp³-hybridized carbons (Fsp3) is 0.143. The van der Waals surface area contributed by atoms with E-state index in [0.29, 0.717) is 0 Å². The lowest BCUT2D eigenvalue weighted by atomic mass is 10.0. The Morgan fingerprint density at radius 2 is 1.92 bits per heavy atom. The maximum Gasteiger partial charge on any atom is 0.300 e. The van der Waals surface area contributed by atoms with Crippen LogP contribution in [0.4, 0.5) is 0 Å². The predicted octanol–water partition coefficient (Wildman–Crippen LogP) is 4.59. The number of hydrogen-bond donors (Lipinski definition) is 2. The van der Waals surface area contributed by atoms with E-state index in [1.807, 2.05) is 0 Å². The molecule has 0 radical (unpaired) electrons. The van der Waals surface area contributed by atoms with Gasteiger partial charge in [0.1, 0.15) is 5.82 Å². The number of carbonyl (C=O) groups is 1. The number of fused-ring (bicyclic) bond motifs is 1. The van der Waals surface area contributed by atoms with Crippen molar-refractivity contribution in [2.75, 3.05) is 0 Å². The Morgan fingerprint density at radius 1 is 1.16 bits per heavy atom. The number of aliphatic carboxylic acids is 1. The van der Waals surface area contributed by atoms with Gasteiger partial charge in [-0.3, -0.25) is 4.79 Å². The molecule has 0 saturated carbocycles. The highest BCUT2D eigenvalue weighted by Crippen LogP contribution is 2.23. The number of allylic oxidation sites excluding steroid dienone is 4. The summed E-state index contributed by atoms with van der Waals surface area (Å²) >= 11 is 0. The average Bonchev–Trinajstić information content (AvgIpc) is 3.24. The molecule has 126 valence electrons. The summed E-state index contributed by atoms with van der Waals surface area (Å²) in [5.41, 5.74) is 5.97. The Bertz CT molecular complexity index is 933. The van der Waals surface area contributed by atoms with Gasteiger partial charge in [-0.15, -0.1) is 0 Å². The fourth-order valence-corrected chi connectivity index (χ4v) is 2.77. The van der Waals surface area contributed by atoms with E-state index >= 15 is 0 Å². The third-order valence-electron chi connectivity index (χ3n) is 3.84. The van der Waals surface area contributed by atoms with Crippen molar-refractivity contribution >= 4 is 22.6 Å². The molecule has 0 amide bonds. The second-order valence-electron chi connectivity index (χ2n) is 5.92. The summed E-state index contributed by atoms with van der Waals surface area (Å²) in [6, 6.07) is 17.0. The number of benzene rings is 2. The molecule has 0 spiro atoms. The van der Waals surface area contributed by atoms with Crippen LogP contribution in [0.5, 0.6) is 0 Å². The number of aromatic nitrogens is 2. The third kappa shape index (κ3) is 4.44. The van der Waals surface area contributed by atoms with Crippen LogP contribution in [0.25, 0.3) is 16.6 Å². The summed E-state index contributed by atoms with van der Waals surface area (Å²) in [7, 11) is 0. The Hall–Kier alpha value is -3.14. The molecule has 0 unspecified atom stereocenters. The highest BCUT2D eigenvalue weighted by molar-refractivity contribution is 5.82. The van der Waals surface area contributed by atoms with Gasteiger partial charge in [-0.05, 0) is 36.1 Å². The standard InChI is InChI=1S/C19H16N2.C2H4O2/c1-2-6-14(7-3-1)12-15-10-11-17-18(13-15)21-19(20-17)16-8-4-5-9-16;1-2(3)4/h1-4,6-11,13H,5,12H2,(H,20,21);1H3,(H,3,4). The molecule has 0 bridgehead atoms. The second-order valence-corrected chi connectivity index (χ2v) is 5.92. The highest BCUT2D eigenvalue weighted by atomic mass is 16.4. The van der Waals surface area contributed by atoms with Gasteiger partial charge in [0.15, 0.2) is 0 Å². The number of rotatable bonds is 3. The summed E-state index contributed by atoms with van der Waals surface area (Å²) in [4.78, 5) is 17.1. The molecule has 4 heteroatoms. The first-order valence-corrected chi connectivity index (χ1v) is 8.21. The molecule has 1 aliphatic rings. The predicted molar refractivity (Wildman–Crippen MR) is 100 cm³/mol. The van der Waals surface area contributed by atoms with Crippen molar-refractivity contribution in [3.05, 3.63) is 83.7 Å². The number of nitrogens with one attached hydrogen (secondary N) is 1. The van der Waals surface area contributed by atoms with Crippen molar-refractivity contribution in [2.24, 2.45) is 0 Å². The number of carboxylic acids is 1. The normalized spacial score (nSPS) is 12.6. The third-order valence-corrected chi connectivity index (χ3v) is 3.84. The van der Waals surface area contributed by atoms with Crippen molar-refractivity contribution in [1.29, 1.82) is 0 Å². The number of imidazole rings is 1.